The van der Waals surface area contributed by atoms with Gasteiger partial charge in [0.15, 0.2) is 0 Å². The van der Waals surface area contributed by atoms with Gasteiger partial charge >= 0.3 is 0 Å². The number of carbonyl (C=O) groups excluding carboxylic acids is 1. The van der Waals surface area contributed by atoms with Crippen LogP contribution in [0.1, 0.15) is 56.1 Å². The second-order valence-corrected chi connectivity index (χ2v) is 8.32. The number of benzene rings is 1. The Kier molecular flexibility index (Phi) is 6.36. The molecular weight excluding hydrogens is 324 g/mol. The number of nitrogens with one attached hydrogen (secondary N) is 2. The smallest absolute Gasteiger partial charge is 0.230 e. The third-order valence-corrected chi connectivity index (χ3v) is 6.54. The molecule has 3 rings (SSSR count). The molecule has 1 saturated heterocycles. The summed E-state index contributed by atoms with van der Waals surface area (Å²) in [5, 5.41) is 6.79. The number of amides is 1. The number of aryl methyl sites for hydroxylation is 1. The Balaban J connectivity index is 1.79. The zero-order chi connectivity index (χ0) is 18.5. The Labute approximate surface area is 158 Å². The first-order chi connectivity index (χ1) is 12.6. The summed E-state index contributed by atoms with van der Waals surface area (Å²) < 4.78 is 5.51. The fourth-order valence-corrected chi connectivity index (χ4v) is 4.96. The summed E-state index contributed by atoms with van der Waals surface area (Å²) in [6, 6.07) is 8.44. The summed E-state index contributed by atoms with van der Waals surface area (Å²) in [4.78, 5) is 13.5. The SMILES string of the molecule is COCC1(CNC(=O)C2(c3ccccc3C)CCCCC2)CCNCC1. The highest BCUT2D eigenvalue weighted by Gasteiger charge is 2.43. The van der Waals surface area contributed by atoms with E-state index in [4.69, 9.17) is 4.74 Å². The minimum absolute atomic E-state index is 0.0667. The van der Waals surface area contributed by atoms with E-state index in [2.05, 4.69) is 41.8 Å². The Morgan fingerprint density at radius 2 is 1.81 bits per heavy atom. The maximum absolute atomic E-state index is 13.5. The van der Waals surface area contributed by atoms with Crippen LogP contribution in [0, 0.1) is 12.3 Å². The van der Waals surface area contributed by atoms with Crippen molar-refractivity contribution >= 4 is 5.91 Å². The zero-order valence-corrected chi connectivity index (χ0v) is 16.4. The van der Waals surface area contributed by atoms with Crippen LogP contribution in [0.4, 0.5) is 0 Å². The lowest BCUT2D eigenvalue weighted by molar-refractivity contribution is -0.129. The molecule has 1 amide bonds. The van der Waals surface area contributed by atoms with E-state index in [0.29, 0.717) is 6.61 Å². The molecule has 1 aromatic rings. The molecule has 1 aliphatic heterocycles. The van der Waals surface area contributed by atoms with Crippen LogP contribution in [0.5, 0.6) is 0 Å². The number of carbonyl (C=O) groups is 1. The van der Waals surface area contributed by atoms with Crippen molar-refractivity contribution in [1.82, 2.24) is 10.6 Å². The molecule has 0 bridgehead atoms. The molecular formula is C22H34N2O2. The quantitative estimate of drug-likeness (QED) is 0.820. The van der Waals surface area contributed by atoms with Gasteiger partial charge < -0.3 is 15.4 Å². The van der Waals surface area contributed by atoms with Crippen molar-refractivity contribution in [1.29, 1.82) is 0 Å². The van der Waals surface area contributed by atoms with Crippen molar-refractivity contribution in [3.63, 3.8) is 0 Å². The minimum atomic E-state index is -0.356. The van der Waals surface area contributed by atoms with Crippen LogP contribution >= 0.6 is 0 Å². The average molecular weight is 359 g/mol. The molecule has 0 unspecified atom stereocenters. The Hall–Kier alpha value is -1.39. The van der Waals surface area contributed by atoms with Crippen molar-refractivity contribution in [3.8, 4) is 0 Å². The lowest BCUT2D eigenvalue weighted by Gasteiger charge is -2.41. The largest absolute Gasteiger partial charge is 0.384 e. The number of piperidine rings is 1. The Morgan fingerprint density at radius 3 is 2.46 bits per heavy atom. The van der Waals surface area contributed by atoms with Gasteiger partial charge in [0.25, 0.3) is 0 Å². The summed E-state index contributed by atoms with van der Waals surface area (Å²) >= 11 is 0. The molecule has 4 nitrogen and oxygen atoms in total. The number of hydrogen-bond donors (Lipinski definition) is 2. The highest BCUT2D eigenvalue weighted by Crippen LogP contribution is 2.41. The van der Waals surface area contributed by atoms with Gasteiger partial charge in [-0.3, -0.25) is 4.79 Å². The minimum Gasteiger partial charge on any atom is -0.384 e. The summed E-state index contributed by atoms with van der Waals surface area (Å²) in [7, 11) is 1.77. The Morgan fingerprint density at radius 1 is 1.12 bits per heavy atom. The molecule has 0 atom stereocenters. The maximum atomic E-state index is 13.5. The van der Waals surface area contributed by atoms with Gasteiger partial charge in [0.05, 0.1) is 12.0 Å². The summed E-state index contributed by atoms with van der Waals surface area (Å²) in [6.07, 6.45) is 7.53. The van der Waals surface area contributed by atoms with Crippen molar-refractivity contribution < 1.29 is 9.53 Å². The van der Waals surface area contributed by atoms with E-state index < -0.39 is 0 Å². The molecule has 2 N–H and O–H groups in total. The number of hydrogen-bond acceptors (Lipinski definition) is 3. The van der Waals surface area contributed by atoms with Crippen LogP contribution < -0.4 is 10.6 Å². The van der Waals surface area contributed by atoms with E-state index in [1.165, 1.54) is 17.5 Å². The molecule has 0 aromatic heterocycles. The predicted molar refractivity (Wildman–Crippen MR) is 105 cm³/mol. The van der Waals surface area contributed by atoms with Crippen molar-refractivity contribution in [2.45, 2.75) is 57.3 Å². The summed E-state index contributed by atoms with van der Waals surface area (Å²) in [6.45, 7) is 5.57. The van der Waals surface area contributed by atoms with E-state index in [1.54, 1.807) is 7.11 Å². The van der Waals surface area contributed by atoms with Gasteiger partial charge in [0, 0.05) is 19.1 Å². The normalized spacial score (nSPS) is 21.9. The summed E-state index contributed by atoms with van der Waals surface area (Å²) in [5.74, 6) is 0.223. The molecule has 1 aliphatic carbocycles. The third kappa shape index (κ3) is 3.96. The van der Waals surface area contributed by atoms with Gasteiger partial charge in [0.2, 0.25) is 5.91 Å². The zero-order valence-electron chi connectivity index (χ0n) is 16.4. The predicted octanol–water partition coefficient (Wildman–Crippen LogP) is 3.33. The third-order valence-electron chi connectivity index (χ3n) is 6.54. The van der Waals surface area contributed by atoms with Gasteiger partial charge in [-0.25, -0.2) is 0 Å². The van der Waals surface area contributed by atoms with Gasteiger partial charge in [0.1, 0.15) is 0 Å². The molecule has 0 spiro atoms. The van der Waals surface area contributed by atoms with Crippen molar-refractivity contribution in [3.05, 3.63) is 35.4 Å². The van der Waals surface area contributed by atoms with E-state index in [9.17, 15) is 4.79 Å². The lowest BCUT2D eigenvalue weighted by atomic mass is 9.67. The molecule has 4 heteroatoms. The highest BCUT2D eigenvalue weighted by atomic mass is 16.5. The van der Waals surface area contributed by atoms with Gasteiger partial charge in [-0.15, -0.1) is 0 Å². The van der Waals surface area contributed by atoms with E-state index >= 15 is 0 Å². The van der Waals surface area contributed by atoms with Crippen LogP contribution in [0.25, 0.3) is 0 Å². The van der Waals surface area contributed by atoms with Crippen LogP contribution in [0.2, 0.25) is 0 Å². The number of ether oxygens (including phenoxy) is 1. The van der Waals surface area contributed by atoms with Gasteiger partial charge in [-0.1, -0.05) is 43.5 Å². The van der Waals surface area contributed by atoms with Crippen molar-refractivity contribution in [2.24, 2.45) is 5.41 Å². The standard InChI is InChI=1S/C22H34N2O2/c1-18-8-4-5-9-19(18)22(10-6-3-7-11-22)20(25)24-16-21(17-26-2)12-14-23-15-13-21/h4-5,8-9,23H,3,6-7,10-17H2,1-2H3,(H,24,25). The highest BCUT2D eigenvalue weighted by molar-refractivity contribution is 5.88. The maximum Gasteiger partial charge on any atom is 0.230 e. The van der Waals surface area contributed by atoms with E-state index in [0.717, 1.165) is 58.2 Å². The molecule has 144 valence electrons. The molecule has 1 heterocycles. The van der Waals surface area contributed by atoms with Crippen LogP contribution in [0.15, 0.2) is 24.3 Å². The Bertz CT molecular complexity index is 596. The topological polar surface area (TPSA) is 50.4 Å². The second-order valence-electron chi connectivity index (χ2n) is 8.32. The summed E-state index contributed by atoms with van der Waals surface area (Å²) in [5.41, 5.74) is 2.17. The first-order valence-corrected chi connectivity index (χ1v) is 10.2. The first kappa shape index (κ1) is 19.4. The molecule has 1 saturated carbocycles. The van der Waals surface area contributed by atoms with Crippen LogP contribution in [0.3, 0.4) is 0 Å². The number of rotatable bonds is 6. The second kappa shape index (κ2) is 8.53. The molecule has 2 fully saturated rings. The van der Waals surface area contributed by atoms with Crippen molar-refractivity contribution in [2.75, 3.05) is 33.4 Å². The molecule has 26 heavy (non-hydrogen) atoms. The first-order valence-electron chi connectivity index (χ1n) is 10.2. The lowest BCUT2D eigenvalue weighted by Crippen LogP contribution is -2.52. The number of methoxy groups -OCH3 is 1. The average Bonchev–Trinajstić information content (AvgIpc) is 2.68. The van der Waals surface area contributed by atoms with Gasteiger partial charge in [-0.05, 0) is 56.8 Å². The molecule has 2 aliphatic rings. The fourth-order valence-electron chi connectivity index (χ4n) is 4.96. The van der Waals surface area contributed by atoms with Crippen LogP contribution in [-0.4, -0.2) is 39.3 Å². The monoisotopic (exact) mass is 358 g/mol. The molecule has 0 radical (unpaired) electrons. The fraction of sp³-hybridized carbons (Fsp3) is 0.682. The van der Waals surface area contributed by atoms with E-state index in [1.807, 2.05) is 0 Å². The van der Waals surface area contributed by atoms with Gasteiger partial charge in [-0.2, -0.15) is 0 Å². The molecule has 1 aromatic carbocycles. The van der Waals surface area contributed by atoms with Crippen LogP contribution in [-0.2, 0) is 14.9 Å². The van der Waals surface area contributed by atoms with E-state index in [-0.39, 0.29) is 16.7 Å².